The third-order valence-corrected chi connectivity index (χ3v) is 3.64. The van der Waals surface area contributed by atoms with Gasteiger partial charge >= 0.3 is 0 Å². The van der Waals surface area contributed by atoms with Gasteiger partial charge in [-0.2, -0.15) is 0 Å². The summed E-state index contributed by atoms with van der Waals surface area (Å²) >= 11 is 0. The van der Waals surface area contributed by atoms with Crippen LogP contribution in [0, 0.1) is 0 Å². The van der Waals surface area contributed by atoms with Crippen LogP contribution >= 0.6 is 0 Å². The van der Waals surface area contributed by atoms with Crippen LogP contribution in [0.25, 0.3) is 17.0 Å². The van der Waals surface area contributed by atoms with Crippen LogP contribution in [0.4, 0.5) is 0 Å². The van der Waals surface area contributed by atoms with Crippen molar-refractivity contribution < 1.29 is 14.7 Å². The first-order valence-electron chi connectivity index (χ1n) is 7.85. The highest BCUT2D eigenvalue weighted by Crippen LogP contribution is 2.18. The minimum Gasteiger partial charge on any atom is -0.389 e. The third kappa shape index (κ3) is 5.38. The summed E-state index contributed by atoms with van der Waals surface area (Å²) in [4.78, 5) is 25.8. The number of carbonyl (C=O) groups is 2. The maximum Gasteiger partial charge on any atom is 0.244 e. The lowest BCUT2D eigenvalue weighted by Crippen LogP contribution is -2.22. The van der Waals surface area contributed by atoms with Crippen molar-refractivity contribution in [3.63, 3.8) is 0 Å². The Hall–Kier alpha value is -2.40. The summed E-state index contributed by atoms with van der Waals surface area (Å²) in [5.74, 6) is -0.252. The first-order chi connectivity index (χ1) is 11.2. The predicted molar refractivity (Wildman–Crippen MR) is 90.9 cm³/mol. The Morgan fingerprint density at radius 1 is 1.17 bits per heavy atom. The number of fused-ring (bicyclic) bond motifs is 1. The molecule has 0 spiro atoms. The highest BCUT2D eigenvalue weighted by atomic mass is 16.3. The molecule has 0 fully saturated rings. The number of rotatable bonds is 9. The van der Waals surface area contributed by atoms with Crippen molar-refractivity contribution in [3.8, 4) is 0 Å². The van der Waals surface area contributed by atoms with E-state index in [-0.39, 0.29) is 18.3 Å². The van der Waals surface area contributed by atoms with Gasteiger partial charge in [0.05, 0.1) is 0 Å². The fraction of sp³-hybridized carbons (Fsp3) is 0.333. The first-order valence-corrected chi connectivity index (χ1v) is 7.85. The summed E-state index contributed by atoms with van der Waals surface area (Å²) in [6.07, 6.45) is 8.06. The SMILES string of the molecule is O=C(CO)CCCCCNC(=O)/C=C/c1c[nH]c2ccccc12. The topological polar surface area (TPSA) is 82.2 Å². The van der Waals surface area contributed by atoms with Crippen molar-refractivity contribution in [1.82, 2.24) is 10.3 Å². The smallest absolute Gasteiger partial charge is 0.244 e. The molecule has 0 saturated carbocycles. The lowest BCUT2D eigenvalue weighted by molar-refractivity contribution is -0.122. The number of hydrogen-bond donors (Lipinski definition) is 3. The van der Waals surface area contributed by atoms with Crippen LogP contribution in [0.2, 0.25) is 0 Å². The van der Waals surface area contributed by atoms with Crippen molar-refractivity contribution in [2.45, 2.75) is 25.7 Å². The molecule has 0 aliphatic carbocycles. The van der Waals surface area contributed by atoms with Crippen LogP contribution < -0.4 is 5.32 Å². The molecule has 0 radical (unpaired) electrons. The summed E-state index contributed by atoms with van der Waals surface area (Å²) in [6, 6.07) is 7.94. The number of unbranched alkanes of at least 4 members (excludes halogenated alkanes) is 2. The number of aliphatic hydroxyl groups is 1. The molecular weight excluding hydrogens is 292 g/mol. The molecule has 122 valence electrons. The molecular formula is C18H22N2O3. The molecule has 0 saturated heterocycles. The van der Waals surface area contributed by atoms with Gasteiger partial charge in [-0.1, -0.05) is 24.6 Å². The second-order valence-corrected chi connectivity index (χ2v) is 5.42. The number of Topliss-reactive ketones (excluding diaryl/α,β-unsaturated/α-hetero) is 1. The van der Waals surface area contributed by atoms with Gasteiger partial charge in [0.15, 0.2) is 5.78 Å². The number of para-hydroxylation sites is 1. The number of hydrogen-bond acceptors (Lipinski definition) is 3. The molecule has 2 aromatic rings. The zero-order chi connectivity index (χ0) is 16.5. The van der Waals surface area contributed by atoms with Gasteiger partial charge in [-0.05, 0) is 30.5 Å². The van der Waals surface area contributed by atoms with Crippen LogP contribution in [0.15, 0.2) is 36.5 Å². The molecule has 5 nitrogen and oxygen atoms in total. The molecule has 2 rings (SSSR count). The molecule has 0 atom stereocenters. The second kappa shape index (κ2) is 8.90. The van der Waals surface area contributed by atoms with Crippen molar-refractivity contribution in [3.05, 3.63) is 42.1 Å². The van der Waals surface area contributed by atoms with E-state index in [2.05, 4.69) is 10.3 Å². The van der Waals surface area contributed by atoms with Gasteiger partial charge in [-0.25, -0.2) is 0 Å². The van der Waals surface area contributed by atoms with Crippen molar-refractivity contribution in [2.24, 2.45) is 0 Å². The van der Waals surface area contributed by atoms with E-state index in [1.807, 2.05) is 30.5 Å². The molecule has 1 aromatic heterocycles. The first kappa shape index (κ1) is 17.0. The average Bonchev–Trinajstić information content (AvgIpc) is 2.99. The van der Waals surface area contributed by atoms with E-state index in [0.717, 1.165) is 35.7 Å². The largest absolute Gasteiger partial charge is 0.389 e. The molecule has 3 N–H and O–H groups in total. The molecule has 1 amide bonds. The van der Waals surface area contributed by atoms with Crippen LogP contribution in [0.3, 0.4) is 0 Å². The highest BCUT2D eigenvalue weighted by Gasteiger charge is 2.01. The number of ketones is 1. The Morgan fingerprint density at radius 2 is 2.00 bits per heavy atom. The lowest BCUT2D eigenvalue weighted by atomic mass is 10.1. The standard InChI is InChI=1S/C18H22N2O3/c21-13-15(22)6-2-1-5-11-19-18(23)10-9-14-12-20-17-8-4-3-7-16(14)17/h3-4,7-10,12,20-21H,1-2,5-6,11,13H2,(H,19,23)/b10-9+. The van der Waals surface area contributed by atoms with Gasteiger partial charge in [0, 0.05) is 36.1 Å². The van der Waals surface area contributed by atoms with Gasteiger partial charge in [0.25, 0.3) is 0 Å². The fourth-order valence-electron chi connectivity index (χ4n) is 2.37. The monoisotopic (exact) mass is 314 g/mol. The number of carbonyl (C=O) groups excluding carboxylic acids is 2. The third-order valence-electron chi connectivity index (χ3n) is 3.64. The van der Waals surface area contributed by atoms with Crippen LogP contribution in [0.1, 0.15) is 31.2 Å². The van der Waals surface area contributed by atoms with Gasteiger partial charge in [-0.3, -0.25) is 9.59 Å². The number of H-pyrrole nitrogens is 1. The minimum absolute atomic E-state index is 0.123. The zero-order valence-corrected chi connectivity index (χ0v) is 13.0. The van der Waals surface area contributed by atoms with E-state index in [4.69, 9.17) is 5.11 Å². The predicted octanol–water partition coefficient (Wildman–Crippen LogP) is 2.42. The van der Waals surface area contributed by atoms with E-state index in [9.17, 15) is 9.59 Å². The Balaban J connectivity index is 1.69. The molecule has 0 unspecified atom stereocenters. The van der Waals surface area contributed by atoms with Gasteiger partial charge in [-0.15, -0.1) is 0 Å². The Kier molecular flexibility index (Phi) is 6.56. The van der Waals surface area contributed by atoms with Gasteiger partial charge in [0.2, 0.25) is 5.91 Å². The zero-order valence-electron chi connectivity index (χ0n) is 13.0. The van der Waals surface area contributed by atoms with E-state index in [1.165, 1.54) is 6.08 Å². The Bertz CT molecular complexity index is 688. The summed E-state index contributed by atoms with van der Waals surface area (Å²) in [7, 11) is 0. The second-order valence-electron chi connectivity index (χ2n) is 5.42. The Morgan fingerprint density at radius 3 is 2.83 bits per heavy atom. The van der Waals surface area contributed by atoms with Crippen molar-refractivity contribution >= 4 is 28.7 Å². The van der Waals surface area contributed by atoms with Crippen LogP contribution in [0.5, 0.6) is 0 Å². The molecule has 5 heteroatoms. The normalized spacial score (nSPS) is 11.2. The van der Waals surface area contributed by atoms with Crippen LogP contribution in [-0.2, 0) is 9.59 Å². The summed E-state index contributed by atoms with van der Waals surface area (Å²) in [5.41, 5.74) is 2.03. The molecule has 1 heterocycles. The average molecular weight is 314 g/mol. The minimum atomic E-state index is -0.380. The molecule has 23 heavy (non-hydrogen) atoms. The molecule has 1 aromatic carbocycles. The fourth-order valence-corrected chi connectivity index (χ4v) is 2.37. The van der Waals surface area contributed by atoms with E-state index in [1.54, 1.807) is 6.08 Å². The number of amides is 1. The lowest BCUT2D eigenvalue weighted by Gasteiger charge is -2.02. The Labute approximate surface area is 135 Å². The van der Waals surface area contributed by atoms with Crippen molar-refractivity contribution in [1.29, 1.82) is 0 Å². The highest BCUT2D eigenvalue weighted by molar-refractivity contribution is 5.96. The molecule has 0 aliphatic rings. The number of aliphatic hydroxyl groups excluding tert-OH is 1. The molecule has 0 aliphatic heterocycles. The van der Waals surface area contributed by atoms with E-state index >= 15 is 0 Å². The maximum atomic E-state index is 11.8. The maximum absolute atomic E-state index is 11.8. The van der Waals surface area contributed by atoms with Crippen molar-refractivity contribution in [2.75, 3.05) is 13.2 Å². The number of aromatic amines is 1. The van der Waals surface area contributed by atoms with E-state index < -0.39 is 0 Å². The summed E-state index contributed by atoms with van der Waals surface area (Å²) in [6.45, 7) is 0.208. The summed E-state index contributed by atoms with van der Waals surface area (Å²) in [5, 5.41) is 12.5. The molecule has 0 bridgehead atoms. The number of benzene rings is 1. The van der Waals surface area contributed by atoms with Gasteiger partial charge in [0.1, 0.15) is 6.61 Å². The summed E-state index contributed by atoms with van der Waals surface area (Å²) < 4.78 is 0. The number of aromatic nitrogens is 1. The quantitative estimate of drug-likeness (QED) is 0.491. The van der Waals surface area contributed by atoms with Crippen LogP contribution in [-0.4, -0.2) is 34.9 Å². The van der Waals surface area contributed by atoms with E-state index in [0.29, 0.717) is 13.0 Å². The van der Waals surface area contributed by atoms with Gasteiger partial charge < -0.3 is 15.4 Å². The number of nitrogens with one attached hydrogen (secondary N) is 2.